The first-order valence-electron chi connectivity index (χ1n) is 4.71. The van der Waals surface area contributed by atoms with Crippen molar-refractivity contribution in [3.05, 3.63) is 0 Å². The molecule has 1 aliphatic heterocycles. The molecule has 2 nitrogen and oxygen atoms in total. The monoisotopic (exact) mass is 191 g/mol. The Balaban J connectivity index is 1.88. The maximum atomic E-state index is 5.81. The Bertz CT molecular complexity index is 113. The maximum absolute atomic E-state index is 5.81. The van der Waals surface area contributed by atoms with Crippen molar-refractivity contribution in [2.24, 2.45) is 5.92 Å². The van der Waals surface area contributed by atoms with Gasteiger partial charge in [-0.05, 0) is 32.2 Å². The van der Waals surface area contributed by atoms with Gasteiger partial charge >= 0.3 is 0 Å². The summed E-state index contributed by atoms with van der Waals surface area (Å²) in [5, 5.41) is 3.68. The average Bonchev–Trinajstić information content (AvgIpc) is 2.49. The molecule has 3 heteroatoms. The Hall–Kier alpha value is 0.210. The van der Waals surface area contributed by atoms with Gasteiger partial charge in [0.25, 0.3) is 0 Å². The molecule has 0 aromatic heterocycles. The third-order valence-corrected chi connectivity index (χ3v) is 2.39. The topological polar surface area (TPSA) is 21.3 Å². The number of rotatable bonds is 5. The highest BCUT2D eigenvalue weighted by atomic mass is 35.5. The predicted molar refractivity (Wildman–Crippen MR) is 51.7 cm³/mol. The molecular formula is C9H18ClNO. The molecule has 2 unspecified atom stereocenters. The summed E-state index contributed by atoms with van der Waals surface area (Å²) in [6, 6.07) is 0. The lowest BCUT2D eigenvalue weighted by Gasteiger charge is -2.09. The van der Waals surface area contributed by atoms with Crippen LogP contribution in [0.15, 0.2) is 0 Å². The fraction of sp³-hybridized carbons (Fsp3) is 1.00. The highest BCUT2D eigenvalue weighted by Crippen LogP contribution is 2.10. The summed E-state index contributed by atoms with van der Waals surface area (Å²) in [7, 11) is 0. The first kappa shape index (κ1) is 10.3. The molecule has 0 saturated carbocycles. The first-order valence-corrected chi connectivity index (χ1v) is 5.15. The standard InChI is InChI=1S/C9H18ClNO/c1-8(10)2-4-11-6-9-3-5-12-7-9/h8-9,11H,2-7H2,1H3. The smallest absolute Gasteiger partial charge is 0.0507 e. The molecule has 0 spiro atoms. The Labute approximate surface area is 79.6 Å². The molecule has 12 heavy (non-hydrogen) atoms. The zero-order chi connectivity index (χ0) is 8.81. The molecule has 1 fully saturated rings. The van der Waals surface area contributed by atoms with Gasteiger partial charge in [-0.1, -0.05) is 0 Å². The van der Waals surface area contributed by atoms with Crippen LogP contribution in [0.3, 0.4) is 0 Å². The number of hydrogen-bond acceptors (Lipinski definition) is 2. The number of alkyl halides is 1. The van der Waals surface area contributed by atoms with Gasteiger partial charge in [-0.2, -0.15) is 0 Å². The summed E-state index contributed by atoms with van der Waals surface area (Å²) >= 11 is 5.81. The van der Waals surface area contributed by atoms with Crippen LogP contribution in [-0.4, -0.2) is 31.7 Å². The number of hydrogen-bond donors (Lipinski definition) is 1. The van der Waals surface area contributed by atoms with Crippen molar-refractivity contribution in [2.75, 3.05) is 26.3 Å². The quantitative estimate of drug-likeness (QED) is 0.527. The third kappa shape index (κ3) is 4.29. The van der Waals surface area contributed by atoms with E-state index in [2.05, 4.69) is 5.32 Å². The third-order valence-electron chi connectivity index (χ3n) is 2.18. The van der Waals surface area contributed by atoms with Crippen LogP contribution in [0.2, 0.25) is 0 Å². The molecule has 0 aromatic rings. The van der Waals surface area contributed by atoms with E-state index < -0.39 is 0 Å². The van der Waals surface area contributed by atoms with Gasteiger partial charge in [0.05, 0.1) is 6.61 Å². The number of nitrogens with one attached hydrogen (secondary N) is 1. The molecule has 0 amide bonds. The molecule has 1 aliphatic rings. The van der Waals surface area contributed by atoms with Crippen molar-refractivity contribution in [3.63, 3.8) is 0 Å². The van der Waals surface area contributed by atoms with Gasteiger partial charge in [0.15, 0.2) is 0 Å². The molecule has 0 radical (unpaired) electrons. The van der Waals surface area contributed by atoms with E-state index in [0.29, 0.717) is 0 Å². The zero-order valence-corrected chi connectivity index (χ0v) is 8.44. The largest absolute Gasteiger partial charge is 0.381 e. The van der Waals surface area contributed by atoms with Crippen molar-refractivity contribution in [3.8, 4) is 0 Å². The summed E-state index contributed by atoms with van der Waals surface area (Å²) in [5.41, 5.74) is 0. The van der Waals surface area contributed by atoms with Crippen LogP contribution in [0.4, 0.5) is 0 Å². The molecule has 0 bridgehead atoms. The van der Waals surface area contributed by atoms with E-state index in [0.717, 1.165) is 38.6 Å². The van der Waals surface area contributed by atoms with Gasteiger partial charge in [-0.3, -0.25) is 0 Å². The lowest BCUT2D eigenvalue weighted by atomic mass is 10.1. The summed E-state index contributed by atoms with van der Waals surface area (Å²) in [6.07, 6.45) is 2.26. The van der Waals surface area contributed by atoms with E-state index in [4.69, 9.17) is 16.3 Å². The van der Waals surface area contributed by atoms with Crippen molar-refractivity contribution in [2.45, 2.75) is 25.1 Å². The molecule has 1 heterocycles. The summed E-state index contributed by atoms with van der Waals surface area (Å²) < 4.78 is 5.27. The Kier molecular flexibility index (Phi) is 4.96. The van der Waals surface area contributed by atoms with Crippen molar-refractivity contribution in [1.82, 2.24) is 5.32 Å². The van der Waals surface area contributed by atoms with E-state index in [1.165, 1.54) is 6.42 Å². The Morgan fingerprint density at radius 1 is 1.67 bits per heavy atom. The average molecular weight is 192 g/mol. The molecule has 1 saturated heterocycles. The predicted octanol–water partition coefficient (Wildman–Crippen LogP) is 1.63. The van der Waals surface area contributed by atoms with Gasteiger partial charge in [-0.25, -0.2) is 0 Å². The summed E-state index contributed by atoms with van der Waals surface area (Å²) in [4.78, 5) is 0. The second kappa shape index (κ2) is 5.79. The van der Waals surface area contributed by atoms with E-state index in [1.807, 2.05) is 6.92 Å². The maximum Gasteiger partial charge on any atom is 0.0507 e. The van der Waals surface area contributed by atoms with Gasteiger partial charge in [0, 0.05) is 18.5 Å². The molecule has 72 valence electrons. The zero-order valence-electron chi connectivity index (χ0n) is 7.68. The lowest BCUT2D eigenvalue weighted by molar-refractivity contribution is 0.185. The Morgan fingerprint density at radius 2 is 2.50 bits per heavy atom. The van der Waals surface area contributed by atoms with Gasteiger partial charge < -0.3 is 10.1 Å². The molecule has 1 rings (SSSR count). The van der Waals surface area contributed by atoms with E-state index in [1.54, 1.807) is 0 Å². The van der Waals surface area contributed by atoms with Crippen LogP contribution in [0, 0.1) is 5.92 Å². The van der Waals surface area contributed by atoms with Gasteiger partial charge in [0.1, 0.15) is 0 Å². The minimum Gasteiger partial charge on any atom is -0.381 e. The van der Waals surface area contributed by atoms with E-state index in [9.17, 15) is 0 Å². The van der Waals surface area contributed by atoms with Crippen LogP contribution < -0.4 is 5.32 Å². The highest BCUT2D eigenvalue weighted by Gasteiger charge is 2.14. The lowest BCUT2D eigenvalue weighted by Crippen LogP contribution is -2.25. The van der Waals surface area contributed by atoms with Crippen LogP contribution in [0.5, 0.6) is 0 Å². The van der Waals surface area contributed by atoms with Gasteiger partial charge in [0.2, 0.25) is 0 Å². The van der Waals surface area contributed by atoms with Crippen molar-refractivity contribution >= 4 is 11.6 Å². The minimum atomic E-state index is 0.289. The van der Waals surface area contributed by atoms with Gasteiger partial charge in [-0.15, -0.1) is 11.6 Å². The molecule has 0 aliphatic carbocycles. The Morgan fingerprint density at radius 3 is 3.08 bits per heavy atom. The SMILES string of the molecule is CC(Cl)CCNCC1CCOC1. The van der Waals surface area contributed by atoms with Crippen LogP contribution in [0.25, 0.3) is 0 Å². The summed E-state index contributed by atoms with van der Waals surface area (Å²) in [6.45, 7) is 6.02. The van der Waals surface area contributed by atoms with E-state index >= 15 is 0 Å². The first-order chi connectivity index (χ1) is 5.79. The highest BCUT2D eigenvalue weighted by molar-refractivity contribution is 6.20. The summed E-state index contributed by atoms with van der Waals surface area (Å²) in [5.74, 6) is 0.732. The fourth-order valence-electron chi connectivity index (χ4n) is 1.35. The van der Waals surface area contributed by atoms with Crippen LogP contribution in [-0.2, 0) is 4.74 Å². The molecule has 2 atom stereocenters. The minimum absolute atomic E-state index is 0.289. The second-order valence-corrected chi connectivity index (χ2v) is 4.25. The molecule has 0 aromatic carbocycles. The number of halogens is 1. The van der Waals surface area contributed by atoms with Crippen LogP contribution in [0.1, 0.15) is 19.8 Å². The van der Waals surface area contributed by atoms with Crippen molar-refractivity contribution < 1.29 is 4.74 Å². The fourth-order valence-corrected chi connectivity index (χ4v) is 1.46. The van der Waals surface area contributed by atoms with Crippen LogP contribution >= 0.6 is 11.6 Å². The number of ether oxygens (including phenoxy) is 1. The normalized spacial score (nSPS) is 26.0. The molecule has 1 N–H and O–H groups in total. The van der Waals surface area contributed by atoms with Crippen molar-refractivity contribution in [1.29, 1.82) is 0 Å². The molecular weight excluding hydrogens is 174 g/mol. The second-order valence-electron chi connectivity index (χ2n) is 3.50. The van der Waals surface area contributed by atoms with E-state index in [-0.39, 0.29) is 5.38 Å².